The van der Waals surface area contributed by atoms with Gasteiger partial charge >= 0.3 is 0 Å². The van der Waals surface area contributed by atoms with E-state index in [4.69, 9.17) is 5.73 Å². The molecule has 1 aromatic heterocycles. The van der Waals surface area contributed by atoms with Crippen molar-refractivity contribution in [1.29, 1.82) is 0 Å². The monoisotopic (exact) mass is 271 g/mol. The lowest BCUT2D eigenvalue weighted by Gasteiger charge is -2.05. The smallest absolute Gasteiger partial charge is 0.141 e. The third kappa shape index (κ3) is 3.20. The molecular weight excluding hydrogens is 260 g/mol. The van der Waals surface area contributed by atoms with Crippen molar-refractivity contribution in [2.24, 2.45) is 0 Å². The maximum atomic E-state index is 13.4. The van der Waals surface area contributed by atoms with Crippen LogP contribution in [0.3, 0.4) is 0 Å². The Hall–Kier alpha value is -1.07. The molecule has 5 heteroatoms. The van der Waals surface area contributed by atoms with Crippen LogP contribution in [0, 0.1) is 11.6 Å². The van der Waals surface area contributed by atoms with Gasteiger partial charge in [0.05, 0.1) is 4.90 Å². The molecular formula is C12H11F2NS2. The van der Waals surface area contributed by atoms with Gasteiger partial charge in [0, 0.05) is 16.3 Å². The van der Waals surface area contributed by atoms with Gasteiger partial charge in [-0.1, -0.05) is 6.07 Å². The highest BCUT2D eigenvalue weighted by atomic mass is 32.2. The number of aryl methyl sites for hydroxylation is 1. The molecule has 0 atom stereocenters. The molecule has 0 unspecified atom stereocenters. The van der Waals surface area contributed by atoms with E-state index in [0.29, 0.717) is 5.75 Å². The minimum absolute atomic E-state index is 0.0516. The Morgan fingerprint density at radius 3 is 2.53 bits per heavy atom. The largest absolute Gasteiger partial charge is 0.399 e. The van der Waals surface area contributed by atoms with Crippen molar-refractivity contribution >= 4 is 28.8 Å². The summed E-state index contributed by atoms with van der Waals surface area (Å²) in [5, 5.41) is 1.99. The molecule has 1 nitrogen and oxygen atoms in total. The minimum atomic E-state index is -0.585. The molecule has 2 aromatic rings. The molecule has 0 saturated carbocycles. The Kier molecular flexibility index (Phi) is 4.02. The molecule has 1 aromatic carbocycles. The zero-order valence-electron chi connectivity index (χ0n) is 8.95. The molecule has 1 heterocycles. The molecule has 0 radical (unpaired) electrons. The molecule has 0 spiro atoms. The Morgan fingerprint density at radius 2 is 1.94 bits per heavy atom. The zero-order valence-corrected chi connectivity index (χ0v) is 10.6. The van der Waals surface area contributed by atoms with E-state index in [-0.39, 0.29) is 10.6 Å². The van der Waals surface area contributed by atoms with Crippen LogP contribution in [0.5, 0.6) is 0 Å². The highest BCUT2D eigenvalue weighted by Gasteiger charge is 2.10. The van der Waals surface area contributed by atoms with E-state index in [2.05, 4.69) is 0 Å². The first-order chi connectivity index (χ1) is 8.16. The average Bonchev–Trinajstić information content (AvgIpc) is 2.74. The van der Waals surface area contributed by atoms with Gasteiger partial charge in [-0.05, 0) is 30.0 Å². The SMILES string of the molecule is Nc1cc(F)c(SCCc2cccs2)c(F)c1. The van der Waals surface area contributed by atoms with Crippen LogP contribution in [-0.2, 0) is 6.42 Å². The summed E-state index contributed by atoms with van der Waals surface area (Å²) in [6.07, 6.45) is 0.811. The van der Waals surface area contributed by atoms with Gasteiger partial charge in [-0.3, -0.25) is 0 Å². The van der Waals surface area contributed by atoms with Crippen LogP contribution in [0.2, 0.25) is 0 Å². The molecule has 0 fully saturated rings. The summed E-state index contributed by atoms with van der Waals surface area (Å²) in [5.41, 5.74) is 5.46. The first-order valence-corrected chi connectivity index (χ1v) is 6.93. The fourth-order valence-corrected chi connectivity index (χ4v) is 3.18. The van der Waals surface area contributed by atoms with Crippen LogP contribution in [0.15, 0.2) is 34.5 Å². The van der Waals surface area contributed by atoms with E-state index in [1.165, 1.54) is 16.6 Å². The van der Waals surface area contributed by atoms with Crippen LogP contribution >= 0.6 is 23.1 Å². The summed E-state index contributed by atoms with van der Waals surface area (Å²) in [7, 11) is 0. The number of nitrogen functional groups attached to an aromatic ring is 1. The molecule has 90 valence electrons. The predicted molar refractivity (Wildman–Crippen MR) is 69.5 cm³/mol. The molecule has 0 bridgehead atoms. The van der Waals surface area contributed by atoms with E-state index < -0.39 is 11.6 Å². The summed E-state index contributed by atoms with van der Waals surface area (Å²) in [6.45, 7) is 0. The normalized spacial score (nSPS) is 10.7. The molecule has 2 rings (SSSR count). The quantitative estimate of drug-likeness (QED) is 0.673. The van der Waals surface area contributed by atoms with Crippen LogP contribution in [0.1, 0.15) is 4.88 Å². The number of benzene rings is 1. The maximum absolute atomic E-state index is 13.4. The number of hydrogen-bond acceptors (Lipinski definition) is 3. The van der Waals surface area contributed by atoms with Gasteiger partial charge in [-0.25, -0.2) is 8.78 Å². The van der Waals surface area contributed by atoms with E-state index in [9.17, 15) is 8.78 Å². The van der Waals surface area contributed by atoms with Gasteiger partial charge in [-0.15, -0.1) is 23.1 Å². The number of halogens is 2. The van der Waals surface area contributed by atoms with Gasteiger partial charge in [0.15, 0.2) is 0 Å². The predicted octanol–water partition coefficient (Wildman–Crippen LogP) is 3.94. The second-order valence-corrected chi connectivity index (χ2v) is 5.63. The van der Waals surface area contributed by atoms with Crippen LogP contribution in [0.25, 0.3) is 0 Å². The Bertz CT molecular complexity index is 474. The fraction of sp³-hybridized carbons (Fsp3) is 0.167. The third-order valence-corrected chi connectivity index (χ3v) is 4.22. The van der Waals surface area contributed by atoms with Crippen molar-refractivity contribution in [3.05, 3.63) is 46.2 Å². The van der Waals surface area contributed by atoms with Crippen molar-refractivity contribution < 1.29 is 8.78 Å². The van der Waals surface area contributed by atoms with Crippen molar-refractivity contribution in [3.8, 4) is 0 Å². The first-order valence-electron chi connectivity index (χ1n) is 5.06. The molecule has 0 saturated heterocycles. The van der Waals surface area contributed by atoms with E-state index in [1.807, 2.05) is 17.5 Å². The lowest BCUT2D eigenvalue weighted by molar-refractivity contribution is 0.542. The summed E-state index contributed by atoms with van der Waals surface area (Å²) < 4.78 is 26.9. The number of thioether (sulfide) groups is 1. The highest BCUT2D eigenvalue weighted by molar-refractivity contribution is 7.99. The summed E-state index contributed by atoms with van der Waals surface area (Å²) in [5.74, 6) is -0.518. The lowest BCUT2D eigenvalue weighted by atomic mass is 10.3. The van der Waals surface area contributed by atoms with Gasteiger partial charge in [-0.2, -0.15) is 0 Å². The van der Waals surface area contributed by atoms with Crippen LogP contribution in [0.4, 0.5) is 14.5 Å². The summed E-state index contributed by atoms with van der Waals surface area (Å²) in [4.78, 5) is 1.27. The second kappa shape index (κ2) is 5.51. The number of thiophene rings is 1. The molecule has 0 aliphatic carbocycles. The molecule has 0 aliphatic rings. The Morgan fingerprint density at radius 1 is 1.24 bits per heavy atom. The van der Waals surface area contributed by atoms with E-state index in [0.717, 1.165) is 18.6 Å². The topological polar surface area (TPSA) is 26.0 Å². The standard InChI is InChI=1S/C12H11F2NS2/c13-10-6-8(15)7-11(14)12(10)17-5-3-9-2-1-4-16-9/h1-2,4,6-7H,3,5,15H2. The van der Waals surface area contributed by atoms with Crippen LogP contribution in [-0.4, -0.2) is 5.75 Å². The molecule has 0 aliphatic heterocycles. The van der Waals surface area contributed by atoms with Crippen molar-refractivity contribution in [1.82, 2.24) is 0 Å². The molecule has 2 N–H and O–H groups in total. The average molecular weight is 271 g/mol. The molecule has 0 amide bonds. The van der Waals surface area contributed by atoms with Crippen molar-refractivity contribution in [3.63, 3.8) is 0 Å². The number of nitrogens with two attached hydrogens (primary N) is 1. The third-order valence-electron chi connectivity index (χ3n) is 2.20. The highest BCUT2D eigenvalue weighted by Crippen LogP contribution is 2.28. The summed E-state index contributed by atoms with van der Waals surface area (Å²) in [6, 6.07) is 6.28. The second-order valence-electron chi connectivity index (χ2n) is 3.49. The van der Waals surface area contributed by atoms with Crippen molar-refractivity contribution in [2.75, 3.05) is 11.5 Å². The van der Waals surface area contributed by atoms with E-state index >= 15 is 0 Å². The lowest BCUT2D eigenvalue weighted by Crippen LogP contribution is -1.94. The minimum Gasteiger partial charge on any atom is -0.399 e. The van der Waals surface area contributed by atoms with E-state index in [1.54, 1.807) is 11.3 Å². The maximum Gasteiger partial charge on any atom is 0.141 e. The number of anilines is 1. The van der Waals surface area contributed by atoms with Gasteiger partial charge in [0.2, 0.25) is 0 Å². The number of rotatable bonds is 4. The zero-order chi connectivity index (χ0) is 12.3. The first kappa shape index (κ1) is 12.4. The van der Waals surface area contributed by atoms with Gasteiger partial charge in [0.25, 0.3) is 0 Å². The van der Waals surface area contributed by atoms with Gasteiger partial charge in [0.1, 0.15) is 11.6 Å². The van der Waals surface area contributed by atoms with Crippen molar-refractivity contribution in [2.45, 2.75) is 11.3 Å². The molecule has 17 heavy (non-hydrogen) atoms. The van der Waals surface area contributed by atoms with Crippen LogP contribution < -0.4 is 5.73 Å². The number of hydrogen-bond donors (Lipinski definition) is 1. The fourth-order valence-electron chi connectivity index (χ4n) is 1.43. The Labute approximate surface area is 107 Å². The summed E-state index contributed by atoms with van der Waals surface area (Å²) >= 11 is 2.83. The Balaban J connectivity index is 1.99. The van der Waals surface area contributed by atoms with Gasteiger partial charge < -0.3 is 5.73 Å².